The minimum Gasteiger partial charge on any atom is -0.348 e. The first kappa shape index (κ1) is 17.2. The van der Waals surface area contributed by atoms with Crippen molar-refractivity contribution < 1.29 is 9.47 Å². The molecule has 4 nitrogen and oxygen atoms in total. The smallest absolute Gasteiger partial charge is 0.168 e. The summed E-state index contributed by atoms with van der Waals surface area (Å²) in [7, 11) is 0. The van der Waals surface area contributed by atoms with Gasteiger partial charge in [0, 0.05) is 24.9 Å². The lowest BCUT2D eigenvalue weighted by molar-refractivity contribution is -0.179. The Balaban J connectivity index is 1.59. The van der Waals surface area contributed by atoms with Crippen LogP contribution in [0.4, 0.5) is 0 Å². The van der Waals surface area contributed by atoms with Gasteiger partial charge < -0.3 is 19.7 Å². The zero-order valence-corrected chi connectivity index (χ0v) is 14.2. The molecule has 1 unspecified atom stereocenters. The second kappa shape index (κ2) is 8.47. The van der Waals surface area contributed by atoms with Gasteiger partial charge in [0.15, 0.2) is 5.79 Å². The largest absolute Gasteiger partial charge is 0.348 e. The van der Waals surface area contributed by atoms with Crippen molar-refractivity contribution in [3.63, 3.8) is 0 Å². The fraction of sp³-hybridized carbons (Fsp3) is 1.00. The highest BCUT2D eigenvalue weighted by molar-refractivity contribution is 4.86. The molecule has 2 aliphatic rings. The molecule has 0 bridgehead atoms. The lowest BCUT2D eigenvalue weighted by atomic mass is 9.89. The molecule has 1 atom stereocenters. The van der Waals surface area contributed by atoms with E-state index >= 15 is 0 Å². The van der Waals surface area contributed by atoms with Crippen LogP contribution in [0.2, 0.25) is 0 Å². The highest BCUT2D eigenvalue weighted by atomic mass is 16.7. The molecule has 1 spiro atoms. The maximum absolute atomic E-state index is 5.80. The first-order valence-corrected chi connectivity index (χ1v) is 8.94. The van der Waals surface area contributed by atoms with Crippen molar-refractivity contribution >= 4 is 0 Å². The first-order chi connectivity index (χ1) is 10.2. The molecule has 0 radical (unpaired) electrons. The van der Waals surface area contributed by atoms with Crippen LogP contribution in [0.5, 0.6) is 0 Å². The Hall–Kier alpha value is -0.160. The first-order valence-electron chi connectivity index (χ1n) is 8.94. The van der Waals surface area contributed by atoms with Gasteiger partial charge in [0.2, 0.25) is 0 Å². The van der Waals surface area contributed by atoms with Crippen LogP contribution in [0.25, 0.3) is 0 Å². The molecule has 2 rings (SSSR count). The third-order valence-corrected chi connectivity index (χ3v) is 5.09. The molecular weight excluding hydrogens is 264 g/mol. The summed E-state index contributed by atoms with van der Waals surface area (Å²) in [5.41, 5.74) is 0. The molecule has 1 aliphatic carbocycles. The number of ether oxygens (including phenoxy) is 2. The van der Waals surface area contributed by atoms with Crippen LogP contribution in [0.15, 0.2) is 0 Å². The molecule has 0 amide bonds. The molecule has 124 valence electrons. The number of hydrogen-bond acceptors (Lipinski definition) is 4. The summed E-state index contributed by atoms with van der Waals surface area (Å²) >= 11 is 0. The van der Waals surface area contributed by atoms with Crippen molar-refractivity contribution in [2.45, 2.75) is 77.2 Å². The maximum atomic E-state index is 5.80. The van der Waals surface area contributed by atoms with Gasteiger partial charge in [-0.05, 0) is 52.2 Å². The Morgan fingerprint density at radius 3 is 2.33 bits per heavy atom. The second-order valence-electron chi connectivity index (χ2n) is 6.62. The van der Waals surface area contributed by atoms with Gasteiger partial charge in [-0.2, -0.15) is 0 Å². The van der Waals surface area contributed by atoms with Gasteiger partial charge in [-0.15, -0.1) is 0 Å². The van der Waals surface area contributed by atoms with Crippen LogP contribution in [0.1, 0.15) is 59.3 Å². The molecule has 1 saturated heterocycles. The maximum Gasteiger partial charge on any atom is 0.168 e. The lowest BCUT2D eigenvalue weighted by Crippen LogP contribution is -2.44. The van der Waals surface area contributed by atoms with E-state index in [9.17, 15) is 0 Å². The number of nitrogens with zero attached hydrogens (tertiary/aromatic N) is 1. The van der Waals surface area contributed by atoms with Crippen molar-refractivity contribution in [2.24, 2.45) is 0 Å². The van der Waals surface area contributed by atoms with Crippen LogP contribution in [0, 0.1) is 0 Å². The number of rotatable bonds is 8. The molecular formula is C17H34N2O2. The zero-order chi connectivity index (χ0) is 15.1. The average Bonchev–Trinajstić information content (AvgIpc) is 2.95. The predicted molar refractivity (Wildman–Crippen MR) is 86.5 cm³/mol. The summed E-state index contributed by atoms with van der Waals surface area (Å²) in [5, 5.41) is 3.81. The molecule has 0 aromatic carbocycles. The third kappa shape index (κ3) is 5.20. The SMILES string of the molecule is CCN(CC)CCCC(C)NC1CCC2(CC1)OCCO2. The molecule has 1 aliphatic heterocycles. The Kier molecular flexibility index (Phi) is 6.93. The number of hydrogen-bond donors (Lipinski definition) is 1. The highest BCUT2D eigenvalue weighted by Gasteiger charge is 2.40. The number of nitrogens with one attached hydrogen (secondary N) is 1. The van der Waals surface area contributed by atoms with E-state index in [0.717, 1.165) is 26.1 Å². The predicted octanol–water partition coefficient (Wildman–Crippen LogP) is 2.77. The van der Waals surface area contributed by atoms with E-state index in [4.69, 9.17) is 9.47 Å². The molecule has 1 saturated carbocycles. The molecule has 4 heteroatoms. The van der Waals surface area contributed by atoms with Gasteiger partial charge in [-0.25, -0.2) is 0 Å². The Labute approximate surface area is 130 Å². The van der Waals surface area contributed by atoms with Gasteiger partial charge >= 0.3 is 0 Å². The van der Waals surface area contributed by atoms with E-state index in [1.54, 1.807) is 0 Å². The summed E-state index contributed by atoms with van der Waals surface area (Å²) in [4.78, 5) is 2.51. The topological polar surface area (TPSA) is 33.7 Å². The second-order valence-corrected chi connectivity index (χ2v) is 6.62. The quantitative estimate of drug-likeness (QED) is 0.747. The van der Waals surface area contributed by atoms with E-state index in [1.165, 1.54) is 45.3 Å². The van der Waals surface area contributed by atoms with Crippen molar-refractivity contribution in [3.8, 4) is 0 Å². The van der Waals surface area contributed by atoms with E-state index < -0.39 is 0 Å². The molecule has 0 aromatic heterocycles. The van der Waals surface area contributed by atoms with Crippen LogP contribution in [-0.4, -0.2) is 55.6 Å². The van der Waals surface area contributed by atoms with Crippen LogP contribution >= 0.6 is 0 Å². The van der Waals surface area contributed by atoms with Gasteiger partial charge in [0.1, 0.15) is 0 Å². The van der Waals surface area contributed by atoms with E-state index in [0.29, 0.717) is 12.1 Å². The van der Waals surface area contributed by atoms with E-state index in [2.05, 4.69) is 31.0 Å². The highest BCUT2D eigenvalue weighted by Crippen LogP contribution is 2.35. The Morgan fingerprint density at radius 2 is 1.76 bits per heavy atom. The minimum absolute atomic E-state index is 0.218. The van der Waals surface area contributed by atoms with Crippen molar-refractivity contribution in [1.82, 2.24) is 10.2 Å². The van der Waals surface area contributed by atoms with Crippen molar-refractivity contribution in [2.75, 3.05) is 32.8 Å². The van der Waals surface area contributed by atoms with Crippen molar-refractivity contribution in [3.05, 3.63) is 0 Å². The fourth-order valence-corrected chi connectivity index (χ4v) is 3.66. The van der Waals surface area contributed by atoms with Crippen LogP contribution in [0.3, 0.4) is 0 Å². The summed E-state index contributed by atoms with van der Waals surface area (Å²) in [6.45, 7) is 11.9. The lowest BCUT2D eigenvalue weighted by Gasteiger charge is -2.36. The van der Waals surface area contributed by atoms with Gasteiger partial charge in [-0.3, -0.25) is 0 Å². The summed E-state index contributed by atoms with van der Waals surface area (Å²) in [6.07, 6.45) is 7.03. The molecule has 21 heavy (non-hydrogen) atoms. The minimum atomic E-state index is -0.218. The molecule has 1 N–H and O–H groups in total. The van der Waals surface area contributed by atoms with Gasteiger partial charge in [-0.1, -0.05) is 13.8 Å². The summed E-state index contributed by atoms with van der Waals surface area (Å²) in [5.74, 6) is -0.218. The molecule has 2 fully saturated rings. The monoisotopic (exact) mass is 298 g/mol. The third-order valence-electron chi connectivity index (χ3n) is 5.09. The van der Waals surface area contributed by atoms with Gasteiger partial charge in [0.05, 0.1) is 13.2 Å². The molecule has 1 heterocycles. The van der Waals surface area contributed by atoms with Crippen LogP contribution < -0.4 is 5.32 Å². The Morgan fingerprint density at radius 1 is 1.14 bits per heavy atom. The summed E-state index contributed by atoms with van der Waals surface area (Å²) in [6, 6.07) is 1.26. The Bertz CT molecular complexity index is 279. The van der Waals surface area contributed by atoms with Crippen LogP contribution in [-0.2, 0) is 9.47 Å². The van der Waals surface area contributed by atoms with Crippen molar-refractivity contribution in [1.29, 1.82) is 0 Å². The average molecular weight is 298 g/mol. The zero-order valence-electron chi connectivity index (χ0n) is 14.2. The molecule has 0 aromatic rings. The normalized spacial score (nSPS) is 24.0. The van der Waals surface area contributed by atoms with E-state index in [-0.39, 0.29) is 5.79 Å². The summed E-state index contributed by atoms with van der Waals surface area (Å²) < 4.78 is 11.6. The van der Waals surface area contributed by atoms with E-state index in [1.807, 2.05) is 0 Å². The fourth-order valence-electron chi connectivity index (χ4n) is 3.66. The standard InChI is InChI=1S/C17H34N2O2/c1-4-19(5-2)12-6-7-15(3)18-16-8-10-17(11-9-16)20-13-14-21-17/h15-16,18H,4-14H2,1-3H3. The van der Waals surface area contributed by atoms with Gasteiger partial charge in [0.25, 0.3) is 0 Å².